The summed E-state index contributed by atoms with van der Waals surface area (Å²) in [6.07, 6.45) is 0.532. The molecule has 1 aromatic rings. The maximum Gasteiger partial charge on any atom is 0.120 e. The van der Waals surface area contributed by atoms with Crippen LogP contribution < -0.4 is 0 Å². The minimum absolute atomic E-state index is 0.266. The summed E-state index contributed by atoms with van der Waals surface area (Å²) in [5.41, 5.74) is 3.39. The largest absolute Gasteiger partial charge is 0.508 e. The van der Waals surface area contributed by atoms with Crippen LogP contribution in [-0.2, 0) is 11.3 Å². The van der Waals surface area contributed by atoms with Crippen LogP contribution in [0.2, 0.25) is 0 Å². The molecule has 0 spiro atoms. The fourth-order valence-electron chi connectivity index (χ4n) is 2.64. The van der Waals surface area contributed by atoms with Crippen LogP contribution in [-0.4, -0.2) is 35.3 Å². The van der Waals surface area contributed by atoms with Crippen molar-refractivity contribution in [3.05, 3.63) is 28.8 Å². The van der Waals surface area contributed by atoms with Gasteiger partial charge in [0.05, 0.1) is 12.2 Å². The number of hydrogen-bond acceptors (Lipinski definition) is 3. The lowest BCUT2D eigenvalue weighted by Crippen LogP contribution is -2.44. The van der Waals surface area contributed by atoms with Crippen LogP contribution in [0.25, 0.3) is 0 Å². The average molecular weight is 249 g/mol. The van der Waals surface area contributed by atoms with Crippen molar-refractivity contribution in [3.8, 4) is 5.75 Å². The van der Waals surface area contributed by atoms with Crippen molar-refractivity contribution in [2.45, 2.75) is 46.4 Å². The zero-order valence-corrected chi connectivity index (χ0v) is 11.7. The van der Waals surface area contributed by atoms with Gasteiger partial charge in [0.2, 0.25) is 0 Å². The predicted molar refractivity (Wildman–Crippen MR) is 72.9 cm³/mol. The third-order valence-corrected chi connectivity index (χ3v) is 3.58. The summed E-state index contributed by atoms with van der Waals surface area (Å²) in [5.74, 6) is 0.407. The first kappa shape index (κ1) is 13.4. The summed E-state index contributed by atoms with van der Waals surface area (Å²) < 4.78 is 5.72. The zero-order chi connectivity index (χ0) is 13.3. The van der Waals surface area contributed by atoms with E-state index in [2.05, 4.69) is 31.7 Å². The maximum atomic E-state index is 10.0. The molecule has 3 heteroatoms. The lowest BCUT2D eigenvalue weighted by Gasteiger charge is -2.35. The van der Waals surface area contributed by atoms with Crippen LogP contribution in [0.1, 0.15) is 30.5 Å². The van der Waals surface area contributed by atoms with Gasteiger partial charge in [-0.25, -0.2) is 0 Å². The third kappa shape index (κ3) is 3.03. The second-order valence-corrected chi connectivity index (χ2v) is 5.52. The standard InChI is InChI=1S/C15H23NO2/c1-10-5-14(15(17)6-11(10)2)9-16-7-12(3)18-13(4)8-16/h5-6,12-13,17H,7-9H2,1-4H3/t12-,13+. The number of phenols is 1. The van der Waals surface area contributed by atoms with Gasteiger partial charge in [0.15, 0.2) is 0 Å². The molecule has 0 bridgehead atoms. The Bertz CT molecular complexity index is 421. The molecule has 0 saturated carbocycles. The van der Waals surface area contributed by atoms with Crippen molar-refractivity contribution < 1.29 is 9.84 Å². The third-order valence-electron chi connectivity index (χ3n) is 3.58. The fourth-order valence-corrected chi connectivity index (χ4v) is 2.64. The topological polar surface area (TPSA) is 32.7 Å². The van der Waals surface area contributed by atoms with Crippen LogP contribution >= 0.6 is 0 Å². The van der Waals surface area contributed by atoms with Crippen molar-refractivity contribution in [3.63, 3.8) is 0 Å². The number of phenolic OH excluding ortho intramolecular Hbond substituents is 1. The Hall–Kier alpha value is -1.06. The van der Waals surface area contributed by atoms with Gasteiger partial charge in [-0.2, -0.15) is 0 Å². The molecule has 2 atom stereocenters. The summed E-state index contributed by atoms with van der Waals surface area (Å²) in [7, 11) is 0. The van der Waals surface area contributed by atoms with Gasteiger partial charge in [0.1, 0.15) is 5.75 Å². The number of benzene rings is 1. The predicted octanol–water partition coefficient (Wildman–Crippen LogP) is 2.62. The van der Waals surface area contributed by atoms with Crippen LogP contribution in [0.15, 0.2) is 12.1 Å². The molecule has 1 N–H and O–H groups in total. The number of hydrogen-bond donors (Lipinski definition) is 1. The van der Waals surface area contributed by atoms with E-state index in [9.17, 15) is 5.11 Å². The average Bonchev–Trinajstić information content (AvgIpc) is 2.24. The summed E-state index contributed by atoms with van der Waals surface area (Å²) in [5, 5.41) is 10.0. The Morgan fingerprint density at radius 3 is 2.33 bits per heavy atom. The lowest BCUT2D eigenvalue weighted by atomic mass is 10.0. The highest BCUT2D eigenvalue weighted by molar-refractivity contribution is 5.40. The molecular formula is C15H23NO2. The Kier molecular flexibility index (Phi) is 3.93. The zero-order valence-electron chi connectivity index (χ0n) is 11.7. The molecule has 100 valence electrons. The molecular weight excluding hydrogens is 226 g/mol. The van der Waals surface area contributed by atoms with E-state index in [1.54, 1.807) is 0 Å². The van der Waals surface area contributed by atoms with E-state index in [1.807, 2.05) is 13.0 Å². The van der Waals surface area contributed by atoms with Gasteiger partial charge in [-0.05, 0) is 44.9 Å². The van der Waals surface area contributed by atoms with Crippen molar-refractivity contribution in [1.29, 1.82) is 0 Å². The smallest absolute Gasteiger partial charge is 0.120 e. The molecule has 0 aromatic heterocycles. The molecule has 1 heterocycles. The van der Waals surface area contributed by atoms with E-state index in [1.165, 1.54) is 5.56 Å². The molecule has 0 amide bonds. The molecule has 1 aromatic carbocycles. The highest BCUT2D eigenvalue weighted by Crippen LogP contribution is 2.24. The van der Waals surface area contributed by atoms with Gasteiger partial charge in [0.25, 0.3) is 0 Å². The molecule has 1 fully saturated rings. The lowest BCUT2D eigenvalue weighted by molar-refractivity contribution is -0.0706. The number of ether oxygens (including phenoxy) is 1. The molecule has 2 rings (SSSR count). The minimum Gasteiger partial charge on any atom is -0.508 e. The van der Waals surface area contributed by atoms with Gasteiger partial charge in [0, 0.05) is 25.2 Å². The van der Waals surface area contributed by atoms with E-state index < -0.39 is 0 Å². The van der Waals surface area contributed by atoms with Crippen molar-refractivity contribution >= 4 is 0 Å². The molecule has 3 nitrogen and oxygen atoms in total. The highest BCUT2D eigenvalue weighted by atomic mass is 16.5. The van der Waals surface area contributed by atoms with Gasteiger partial charge in [-0.1, -0.05) is 6.07 Å². The van der Waals surface area contributed by atoms with Gasteiger partial charge >= 0.3 is 0 Å². The Balaban J connectivity index is 2.11. The first-order chi connectivity index (χ1) is 8.45. The number of rotatable bonds is 2. The first-order valence-corrected chi connectivity index (χ1v) is 6.62. The fraction of sp³-hybridized carbons (Fsp3) is 0.600. The summed E-state index contributed by atoms with van der Waals surface area (Å²) in [6.45, 7) is 11.0. The van der Waals surface area contributed by atoms with Crippen LogP contribution in [0, 0.1) is 13.8 Å². The molecule has 1 saturated heterocycles. The minimum atomic E-state index is 0.266. The monoisotopic (exact) mass is 249 g/mol. The molecule has 1 aliphatic heterocycles. The second-order valence-electron chi connectivity index (χ2n) is 5.52. The van der Waals surface area contributed by atoms with Crippen LogP contribution in [0.3, 0.4) is 0 Å². The van der Waals surface area contributed by atoms with E-state index in [-0.39, 0.29) is 12.2 Å². The van der Waals surface area contributed by atoms with Crippen LogP contribution in [0.4, 0.5) is 0 Å². The molecule has 18 heavy (non-hydrogen) atoms. The Morgan fingerprint density at radius 1 is 1.17 bits per heavy atom. The summed E-state index contributed by atoms with van der Waals surface area (Å²) in [4.78, 5) is 2.35. The van der Waals surface area contributed by atoms with E-state index in [4.69, 9.17) is 4.74 Å². The highest BCUT2D eigenvalue weighted by Gasteiger charge is 2.22. The van der Waals surface area contributed by atoms with E-state index >= 15 is 0 Å². The number of aromatic hydroxyl groups is 1. The quantitative estimate of drug-likeness (QED) is 0.874. The first-order valence-electron chi connectivity index (χ1n) is 6.62. The van der Waals surface area contributed by atoms with Gasteiger partial charge in [-0.15, -0.1) is 0 Å². The number of morpholine rings is 1. The van der Waals surface area contributed by atoms with Crippen LogP contribution in [0.5, 0.6) is 5.75 Å². The molecule has 0 aliphatic carbocycles. The normalized spacial score (nSPS) is 25.3. The molecule has 0 unspecified atom stereocenters. The van der Waals surface area contributed by atoms with Gasteiger partial charge < -0.3 is 9.84 Å². The number of nitrogens with zero attached hydrogens (tertiary/aromatic N) is 1. The van der Waals surface area contributed by atoms with Gasteiger partial charge in [-0.3, -0.25) is 4.90 Å². The summed E-state index contributed by atoms with van der Waals surface area (Å²) >= 11 is 0. The van der Waals surface area contributed by atoms with Crippen molar-refractivity contribution in [2.75, 3.05) is 13.1 Å². The number of aryl methyl sites for hydroxylation is 2. The molecule has 1 aliphatic rings. The summed E-state index contributed by atoms with van der Waals surface area (Å²) in [6, 6.07) is 3.95. The second kappa shape index (κ2) is 5.29. The Labute approximate surface area is 109 Å². The molecule has 0 radical (unpaired) electrons. The van der Waals surface area contributed by atoms with E-state index in [0.29, 0.717) is 5.75 Å². The van der Waals surface area contributed by atoms with E-state index in [0.717, 1.165) is 30.8 Å². The SMILES string of the molecule is Cc1cc(O)c(CN2C[C@@H](C)O[C@@H](C)C2)cc1C. The maximum absolute atomic E-state index is 10.0. The van der Waals surface area contributed by atoms with Crippen molar-refractivity contribution in [1.82, 2.24) is 4.90 Å². The van der Waals surface area contributed by atoms with Crippen molar-refractivity contribution in [2.24, 2.45) is 0 Å². The Morgan fingerprint density at radius 2 is 1.72 bits per heavy atom.